The van der Waals surface area contributed by atoms with Gasteiger partial charge >= 0.3 is 0 Å². The molecule has 1 fully saturated rings. The predicted octanol–water partition coefficient (Wildman–Crippen LogP) is 2.69. The highest BCUT2D eigenvalue weighted by Crippen LogP contribution is 2.24. The number of nitrogens with zero attached hydrogens (tertiary/aromatic N) is 4. The van der Waals surface area contributed by atoms with E-state index in [0.29, 0.717) is 49.9 Å². The highest BCUT2D eigenvalue weighted by atomic mass is 16.5. The van der Waals surface area contributed by atoms with Gasteiger partial charge in [-0.05, 0) is 38.3 Å². The van der Waals surface area contributed by atoms with Gasteiger partial charge in [0.15, 0.2) is 0 Å². The average molecular weight is 463 g/mol. The molecule has 3 aromatic rings. The number of hydrogen-bond donors (Lipinski definition) is 2. The van der Waals surface area contributed by atoms with Gasteiger partial charge in [-0.2, -0.15) is 0 Å². The van der Waals surface area contributed by atoms with E-state index in [1.54, 1.807) is 0 Å². The van der Waals surface area contributed by atoms with Gasteiger partial charge in [0.1, 0.15) is 5.82 Å². The third-order valence-corrected chi connectivity index (χ3v) is 6.50. The van der Waals surface area contributed by atoms with Crippen LogP contribution in [-0.4, -0.2) is 51.7 Å². The van der Waals surface area contributed by atoms with Crippen molar-refractivity contribution in [3.63, 3.8) is 0 Å². The van der Waals surface area contributed by atoms with Crippen molar-refractivity contribution in [2.75, 3.05) is 36.5 Å². The Morgan fingerprint density at radius 2 is 1.91 bits per heavy atom. The second-order valence-corrected chi connectivity index (χ2v) is 8.87. The number of morpholine rings is 1. The molecular formula is C25H30N6O3. The number of carbonyl (C=O) groups is 1. The zero-order valence-electron chi connectivity index (χ0n) is 19.5. The van der Waals surface area contributed by atoms with Crippen LogP contribution in [0.5, 0.6) is 0 Å². The molecule has 2 aliphatic heterocycles. The third-order valence-electron chi connectivity index (χ3n) is 6.50. The van der Waals surface area contributed by atoms with Gasteiger partial charge < -0.3 is 19.5 Å². The van der Waals surface area contributed by atoms with E-state index in [1.165, 1.54) is 12.8 Å². The van der Waals surface area contributed by atoms with Crippen molar-refractivity contribution in [2.45, 2.75) is 45.6 Å². The number of aryl methyl sites for hydroxylation is 3. The van der Waals surface area contributed by atoms with E-state index in [0.717, 1.165) is 35.7 Å². The first-order valence-corrected chi connectivity index (χ1v) is 12.0. The van der Waals surface area contributed by atoms with Crippen LogP contribution in [0, 0.1) is 6.92 Å². The van der Waals surface area contributed by atoms with E-state index < -0.39 is 0 Å². The molecule has 0 spiro atoms. The zero-order chi connectivity index (χ0) is 23.5. The number of ether oxygens (including phenoxy) is 1. The van der Waals surface area contributed by atoms with E-state index >= 15 is 0 Å². The molecule has 0 bridgehead atoms. The SMILES string of the molecule is Cc1nc(N2CCOCC2)[nH]c(=O)c1CCC(=O)Nc1ccc(-c2cn3c(n2)CCCC3)cc1. The van der Waals surface area contributed by atoms with Gasteiger partial charge in [-0.1, -0.05) is 12.1 Å². The molecule has 2 aliphatic rings. The molecule has 9 heteroatoms. The average Bonchev–Trinajstić information content (AvgIpc) is 3.29. The van der Waals surface area contributed by atoms with Crippen LogP contribution in [0.15, 0.2) is 35.3 Å². The van der Waals surface area contributed by atoms with Crippen LogP contribution < -0.4 is 15.8 Å². The lowest BCUT2D eigenvalue weighted by Crippen LogP contribution is -2.38. The maximum atomic E-state index is 12.6. The Balaban J connectivity index is 1.18. The Bertz CT molecular complexity index is 1200. The van der Waals surface area contributed by atoms with Gasteiger partial charge in [-0.25, -0.2) is 9.97 Å². The summed E-state index contributed by atoms with van der Waals surface area (Å²) in [6.07, 6.45) is 6.08. The molecule has 2 N–H and O–H groups in total. The number of aromatic amines is 1. The van der Waals surface area contributed by atoms with Gasteiger partial charge in [0.2, 0.25) is 11.9 Å². The molecular weight excluding hydrogens is 432 g/mol. The first-order chi connectivity index (χ1) is 16.6. The van der Waals surface area contributed by atoms with E-state index in [1.807, 2.05) is 36.1 Å². The highest BCUT2D eigenvalue weighted by Gasteiger charge is 2.17. The molecule has 0 atom stereocenters. The lowest BCUT2D eigenvalue weighted by Gasteiger charge is -2.27. The van der Waals surface area contributed by atoms with Crippen molar-refractivity contribution in [3.05, 3.63) is 57.9 Å². The van der Waals surface area contributed by atoms with Crippen molar-refractivity contribution in [1.29, 1.82) is 0 Å². The molecule has 1 amide bonds. The minimum absolute atomic E-state index is 0.138. The number of H-pyrrole nitrogens is 1. The number of fused-ring (bicyclic) bond motifs is 1. The lowest BCUT2D eigenvalue weighted by molar-refractivity contribution is -0.116. The molecule has 4 heterocycles. The minimum Gasteiger partial charge on any atom is -0.378 e. The monoisotopic (exact) mass is 462 g/mol. The number of amides is 1. The van der Waals surface area contributed by atoms with Crippen LogP contribution >= 0.6 is 0 Å². The first kappa shape index (κ1) is 22.3. The van der Waals surface area contributed by atoms with Crippen molar-refractivity contribution >= 4 is 17.5 Å². The van der Waals surface area contributed by atoms with Gasteiger partial charge in [0.05, 0.1) is 18.9 Å². The molecule has 0 unspecified atom stereocenters. The summed E-state index contributed by atoms with van der Waals surface area (Å²) in [6, 6.07) is 7.74. The molecule has 0 saturated carbocycles. The fraction of sp³-hybridized carbons (Fsp3) is 0.440. The van der Waals surface area contributed by atoms with Crippen molar-refractivity contribution in [2.24, 2.45) is 0 Å². The summed E-state index contributed by atoms with van der Waals surface area (Å²) in [5, 5.41) is 2.92. The van der Waals surface area contributed by atoms with Gasteiger partial charge in [-0.3, -0.25) is 14.6 Å². The molecule has 0 radical (unpaired) electrons. The van der Waals surface area contributed by atoms with Gasteiger partial charge in [0.25, 0.3) is 5.56 Å². The minimum atomic E-state index is -0.186. The highest BCUT2D eigenvalue weighted by molar-refractivity contribution is 5.91. The maximum Gasteiger partial charge on any atom is 0.255 e. The standard InChI is InChI=1S/C25H30N6O3/c1-17-20(24(33)29-25(26-17)30-12-14-34-15-13-30)9-10-23(32)27-19-7-5-18(6-8-19)21-16-31-11-3-2-4-22(31)28-21/h5-8,16H,2-4,9-15H2,1H3,(H,27,32)(H,26,29,33). The lowest BCUT2D eigenvalue weighted by atomic mass is 10.1. The van der Waals surface area contributed by atoms with E-state index in [2.05, 4.69) is 26.0 Å². The largest absolute Gasteiger partial charge is 0.378 e. The van der Waals surface area contributed by atoms with Crippen molar-refractivity contribution < 1.29 is 9.53 Å². The van der Waals surface area contributed by atoms with Crippen LogP contribution in [0.1, 0.15) is 36.3 Å². The Morgan fingerprint density at radius 3 is 2.65 bits per heavy atom. The van der Waals surface area contributed by atoms with Crippen LogP contribution in [0.2, 0.25) is 0 Å². The third kappa shape index (κ3) is 4.89. The van der Waals surface area contributed by atoms with Crippen LogP contribution in [-0.2, 0) is 28.9 Å². The van der Waals surface area contributed by atoms with Crippen LogP contribution in [0.3, 0.4) is 0 Å². The molecule has 1 aromatic carbocycles. The Kier molecular flexibility index (Phi) is 6.44. The Morgan fingerprint density at radius 1 is 1.12 bits per heavy atom. The summed E-state index contributed by atoms with van der Waals surface area (Å²) in [6.45, 7) is 5.49. The number of anilines is 2. The first-order valence-electron chi connectivity index (χ1n) is 12.0. The summed E-state index contributed by atoms with van der Waals surface area (Å²) >= 11 is 0. The Hall–Kier alpha value is -3.46. The van der Waals surface area contributed by atoms with Gasteiger partial charge in [-0.15, -0.1) is 0 Å². The number of aromatic nitrogens is 4. The molecule has 9 nitrogen and oxygen atoms in total. The molecule has 34 heavy (non-hydrogen) atoms. The zero-order valence-corrected chi connectivity index (χ0v) is 19.5. The maximum absolute atomic E-state index is 12.6. The van der Waals surface area contributed by atoms with Crippen LogP contribution in [0.4, 0.5) is 11.6 Å². The summed E-state index contributed by atoms with van der Waals surface area (Å²) in [5.74, 6) is 1.58. The van der Waals surface area contributed by atoms with Crippen LogP contribution in [0.25, 0.3) is 11.3 Å². The Labute approximate surface area is 198 Å². The predicted molar refractivity (Wildman–Crippen MR) is 130 cm³/mol. The van der Waals surface area contributed by atoms with E-state index in [-0.39, 0.29) is 17.9 Å². The molecule has 5 rings (SSSR count). The fourth-order valence-electron chi connectivity index (χ4n) is 4.55. The van der Waals surface area contributed by atoms with Crippen molar-refractivity contribution in [3.8, 4) is 11.3 Å². The molecule has 0 aliphatic carbocycles. The topological polar surface area (TPSA) is 105 Å². The number of rotatable bonds is 6. The number of carbonyl (C=O) groups excluding carboxylic acids is 1. The molecule has 2 aromatic heterocycles. The second-order valence-electron chi connectivity index (χ2n) is 8.87. The molecule has 1 saturated heterocycles. The number of imidazole rings is 1. The number of nitrogens with one attached hydrogen (secondary N) is 2. The summed E-state index contributed by atoms with van der Waals surface area (Å²) < 4.78 is 7.59. The fourth-order valence-corrected chi connectivity index (χ4v) is 4.55. The smallest absolute Gasteiger partial charge is 0.255 e. The number of hydrogen-bond acceptors (Lipinski definition) is 6. The van der Waals surface area contributed by atoms with E-state index in [4.69, 9.17) is 9.72 Å². The van der Waals surface area contributed by atoms with Crippen molar-refractivity contribution in [1.82, 2.24) is 19.5 Å². The quantitative estimate of drug-likeness (QED) is 0.584. The molecule has 178 valence electrons. The normalized spacial score (nSPS) is 15.7. The summed E-state index contributed by atoms with van der Waals surface area (Å²) in [4.78, 5) is 39.3. The van der Waals surface area contributed by atoms with E-state index in [9.17, 15) is 9.59 Å². The van der Waals surface area contributed by atoms with Gasteiger partial charge in [0, 0.05) is 61.2 Å². The number of benzene rings is 1. The summed E-state index contributed by atoms with van der Waals surface area (Å²) in [5.41, 5.74) is 3.75. The summed E-state index contributed by atoms with van der Waals surface area (Å²) in [7, 11) is 0. The second kappa shape index (κ2) is 9.80.